The molecule has 5 heteroatoms. The van der Waals surface area contributed by atoms with Crippen molar-refractivity contribution in [1.82, 2.24) is 5.32 Å². The van der Waals surface area contributed by atoms with Crippen molar-refractivity contribution in [1.29, 1.82) is 0 Å². The lowest BCUT2D eigenvalue weighted by molar-refractivity contribution is -0.137. The zero-order valence-electron chi connectivity index (χ0n) is 12.7. The van der Waals surface area contributed by atoms with Gasteiger partial charge in [-0.2, -0.15) is 0 Å². The fraction of sp³-hybridized carbons (Fsp3) is 0.562. The Morgan fingerprint density at radius 3 is 2.62 bits per heavy atom. The van der Waals surface area contributed by atoms with Crippen molar-refractivity contribution in [3.05, 3.63) is 34.9 Å². The first kappa shape index (κ1) is 17.6. The van der Waals surface area contributed by atoms with Gasteiger partial charge in [0, 0.05) is 19.1 Å². The summed E-state index contributed by atoms with van der Waals surface area (Å²) in [5.41, 5.74) is 2.93. The number of carbonyl (C=O) groups is 1. The van der Waals surface area contributed by atoms with Gasteiger partial charge in [-0.25, -0.2) is 0 Å². The number of nitrogens with one attached hydrogen (secondary N) is 1. The molecule has 0 fully saturated rings. The molecule has 0 spiro atoms. The molecule has 118 valence electrons. The minimum atomic E-state index is -0.878. The molecular weight excluding hydrogens is 270 g/mol. The molecule has 1 aromatic rings. The van der Waals surface area contributed by atoms with Crippen molar-refractivity contribution in [2.24, 2.45) is 0 Å². The van der Waals surface area contributed by atoms with Gasteiger partial charge in [-0.05, 0) is 44.4 Å². The van der Waals surface area contributed by atoms with Crippen LogP contribution in [0.2, 0.25) is 0 Å². The zero-order valence-corrected chi connectivity index (χ0v) is 12.7. The Labute approximate surface area is 125 Å². The van der Waals surface area contributed by atoms with Gasteiger partial charge >= 0.3 is 5.97 Å². The molecule has 0 aliphatic heterocycles. The Bertz CT molecular complexity index is 462. The van der Waals surface area contributed by atoms with Crippen molar-refractivity contribution in [3.63, 3.8) is 0 Å². The molecular formula is C16H25NO4. The Hall–Kier alpha value is -1.43. The normalized spacial score (nSPS) is 13.9. The number of hydrogen-bond acceptors (Lipinski definition) is 4. The number of benzene rings is 1. The molecule has 0 saturated heterocycles. The topological polar surface area (TPSA) is 89.8 Å². The predicted molar refractivity (Wildman–Crippen MR) is 81.2 cm³/mol. The van der Waals surface area contributed by atoms with Crippen molar-refractivity contribution >= 4 is 5.97 Å². The number of hydrogen-bond donors (Lipinski definition) is 4. The molecule has 21 heavy (non-hydrogen) atoms. The fourth-order valence-electron chi connectivity index (χ4n) is 2.39. The molecule has 0 aromatic heterocycles. The Kier molecular flexibility index (Phi) is 7.36. The molecule has 1 rings (SSSR count). The summed E-state index contributed by atoms with van der Waals surface area (Å²) < 4.78 is 0. The molecule has 2 atom stereocenters. The second-order valence-corrected chi connectivity index (χ2v) is 5.38. The molecule has 2 unspecified atom stereocenters. The molecule has 0 amide bonds. The summed E-state index contributed by atoms with van der Waals surface area (Å²) in [6.07, 6.45) is 0.153. The van der Waals surface area contributed by atoms with E-state index in [2.05, 4.69) is 5.32 Å². The molecule has 0 aliphatic carbocycles. The average molecular weight is 295 g/mol. The van der Waals surface area contributed by atoms with Gasteiger partial charge in [0.2, 0.25) is 0 Å². The fourth-order valence-corrected chi connectivity index (χ4v) is 2.39. The van der Waals surface area contributed by atoms with Crippen LogP contribution in [0.1, 0.15) is 42.1 Å². The predicted octanol–water partition coefficient (Wildman–Crippen LogP) is 1.54. The molecule has 0 aliphatic rings. The number of aliphatic hydroxyl groups is 2. The van der Waals surface area contributed by atoms with E-state index in [0.29, 0.717) is 19.4 Å². The average Bonchev–Trinajstić information content (AvgIpc) is 2.41. The summed E-state index contributed by atoms with van der Waals surface area (Å²) >= 11 is 0. The maximum atomic E-state index is 10.8. The maximum Gasteiger partial charge on any atom is 0.303 e. The van der Waals surface area contributed by atoms with E-state index < -0.39 is 12.1 Å². The number of carboxylic acids is 1. The lowest BCUT2D eigenvalue weighted by Crippen LogP contribution is -2.36. The van der Waals surface area contributed by atoms with Crippen LogP contribution in [-0.2, 0) is 4.79 Å². The van der Waals surface area contributed by atoms with E-state index in [-0.39, 0.29) is 19.1 Å². The van der Waals surface area contributed by atoms with Crippen molar-refractivity contribution < 1.29 is 20.1 Å². The summed E-state index contributed by atoms with van der Waals surface area (Å²) in [4.78, 5) is 10.8. The van der Waals surface area contributed by atoms with E-state index in [1.807, 2.05) is 32.0 Å². The van der Waals surface area contributed by atoms with E-state index in [1.54, 1.807) is 0 Å². The highest BCUT2D eigenvalue weighted by Crippen LogP contribution is 2.24. The smallest absolute Gasteiger partial charge is 0.303 e. The van der Waals surface area contributed by atoms with Gasteiger partial charge in [0.05, 0.1) is 6.10 Å². The van der Waals surface area contributed by atoms with Gasteiger partial charge < -0.3 is 20.6 Å². The minimum Gasteiger partial charge on any atom is -0.481 e. The third kappa shape index (κ3) is 5.83. The number of aliphatic carboxylic acids is 1. The highest BCUT2D eigenvalue weighted by atomic mass is 16.4. The van der Waals surface area contributed by atoms with Gasteiger partial charge in [-0.3, -0.25) is 4.79 Å². The van der Waals surface area contributed by atoms with E-state index >= 15 is 0 Å². The first-order valence-electron chi connectivity index (χ1n) is 7.27. The van der Waals surface area contributed by atoms with Crippen LogP contribution in [-0.4, -0.2) is 40.5 Å². The summed E-state index contributed by atoms with van der Waals surface area (Å²) in [5, 5.41) is 31.3. The van der Waals surface area contributed by atoms with E-state index in [9.17, 15) is 9.90 Å². The third-order valence-electron chi connectivity index (χ3n) is 3.54. The van der Waals surface area contributed by atoms with Crippen LogP contribution in [0.15, 0.2) is 18.2 Å². The van der Waals surface area contributed by atoms with E-state index in [0.717, 1.165) is 16.7 Å². The van der Waals surface area contributed by atoms with Crippen LogP contribution in [0.5, 0.6) is 0 Å². The number of carboxylic acid groups (broad SMARTS) is 1. The molecule has 1 aromatic carbocycles. The van der Waals surface area contributed by atoms with Crippen LogP contribution in [0.3, 0.4) is 0 Å². The summed E-state index contributed by atoms with van der Waals surface area (Å²) in [6, 6.07) is 5.49. The minimum absolute atomic E-state index is 0.00123. The second-order valence-electron chi connectivity index (χ2n) is 5.38. The molecule has 0 saturated carbocycles. The first-order chi connectivity index (χ1) is 9.95. The molecule has 4 N–H and O–H groups in total. The number of aryl methyl sites for hydroxylation is 2. The number of aliphatic hydroxyl groups excluding tert-OH is 2. The monoisotopic (exact) mass is 295 g/mol. The van der Waals surface area contributed by atoms with Crippen molar-refractivity contribution in [3.8, 4) is 0 Å². The maximum absolute atomic E-state index is 10.8. The number of rotatable bonds is 9. The van der Waals surface area contributed by atoms with Gasteiger partial charge in [0.1, 0.15) is 0 Å². The molecule has 0 heterocycles. The van der Waals surface area contributed by atoms with Crippen molar-refractivity contribution in [2.45, 2.75) is 45.3 Å². The summed E-state index contributed by atoms with van der Waals surface area (Å²) in [7, 11) is 0. The third-order valence-corrected chi connectivity index (χ3v) is 3.54. The Morgan fingerprint density at radius 2 is 2.05 bits per heavy atom. The van der Waals surface area contributed by atoms with Crippen LogP contribution in [0, 0.1) is 13.8 Å². The first-order valence-corrected chi connectivity index (χ1v) is 7.27. The standard InChI is InChI=1S/C16H25NO4/c1-11-4-5-13(12(2)10-11)16(21)14(6-7-15(19)20)17-8-3-9-18/h4-5,10,14,16-18,21H,3,6-9H2,1-2H3,(H,19,20). The van der Waals surface area contributed by atoms with Gasteiger partial charge in [-0.1, -0.05) is 23.8 Å². The van der Waals surface area contributed by atoms with Crippen LogP contribution in [0.4, 0.5) is 0 Å². The van der Waals surface area contributed by atoms with Crippen molar-refractivity contribution in [2.75, 3.05) is 13.2 Å². The molecule has 5 nitrogen and oxygen atoms in total. The molecule has 0 bridgehead atoms. The van der Waals surface area contributed by atoms with Crippen LogP contribution in [0.25, 0.3) is 0 Å². The van der Waals surface area contributed by atoms with Crippen LogP contribution < -0.4 is 5.32 Å². The quantitative estimate of drug-likeness (QED) is 0.519. The zero-order chi connectivity index (χ0) is 15.8. The van der Waals surface area contributed by atoms with Gasteiger partial charge in [-0.15, -0.1) is 0 Å². The second kappa shape index (κ2) is 8.77. The Morgan fingerprint density at radius 1 is 1.33 bits per heavy atom. The lowest BCUT2D eigenvalue weighted by Gasteiger charge is -2.25. The summed E-state index contributed by atoms with van der Waals surface area (Å²) in [5.74, 6) is -0.878. The largest absolute Gasteiger partial charge is 0.481 e. The SMILES string of the molecule is Cc1ccc(C(O)C(CCC(=O)O)NCCCO)c(C)c1. The van der Waals surface area contributed by atoms with Gasteiger partial charge in [0.25, 0.3) is 0 Å². The van der Waals surface area contributed by atoms with E-state index in [1.165, 1.54) is 0 Å². The van der Waals surface area contributed by atoms with Crippen LogP contribution >= 0.6 is 0 Å². The summed E-state index contributed by atoms with van der Waals surface area (Å²) in [6.45, 7) is 4.54. The lowest BCUT2D eigenvalue weighted by atomic mass is 9.94. The highest BCUT2D eigenvalue weighted by Gasteiger charge is 2.22. The van der Waals surface area contributed by atoms with E-state index in [4.69, 9.17) is 10.2 Å². The highest BCUT2D eigenvalue weighted by molar-refractivity contribution is 5.66. The Balaban J connectivity index is 2.80. The van der Waals surface area contributed by atoms with Gasteiger partial charge in [0.15, 0.2) is 0 Å². The molecule has 0 radical (unpaired) electrons.